The number of carbonyl (C=O) groups excluding carboxylic acids is 1. The minimum atomic E-state index is -4.32. The van der Waals surface area contributed by atoms with E-state index >= 15 is 0 Å². The van der Waals surface area contributed by atoms with Crippen molar-refractivity contribution >= 4 is 38.5 Å². The van der Waals surface area contributed by atoms with Crippen LogP contribution in [-0.2, 0) is 10.0 Å². The average Bonchev–Trinajstić information content (AvgIpc) is 3.19. The number of fused-ring (bicyclic) bond motifs is 1. The van der Waals surface area contributed by atoms with Gasteiger partial charge in [0.05, 0.1) is 18.1 Å². The number of aromatic nitrogens is 4. The van der Waals surface area contributed by atoms with Gasteiger partial charge in [-0.3, -0.25) is 9.52 Å². The predicted molar refractivity (Wildman–Crippen MR) is 124 cm³/mol. The normalized spacial score (nSPS) is 11.7. The zero-order chi connectivity index (χ0) is 24.6. The Morgan fingerprint density at radius 1 is 1.21 bits per heavy atom. The fraction of sp³-hybridized carbons (Fsp3) is 0.182. The van der Waals surface area contributed by atoms with Crippen LogP contribution in [0, 0.1) is 5.82 Å². The molecule has 3 aromatic heterocycles. The molecule has 0 radical (unpaired) electrons. The average molecular weight is 485 g/mol. The summed E-state index contributed by atoms with van der Waals surface area (Å²) in [7, 11) is -3.00. The summed E-state index contributed by atoms with van der Waals surface area (Å²) in [4.78, 5) is 25.2. The van der Waals surface area contributed by atoms with E-state index in [1.54, 1.807) is 10.8 Å². The SMILES string of the molecule is COc1cc(C(=O)c2cn(C(C)C)c3ncnc(N)c23)cc(NS(=O)(=O)c2ccccc2F)n1. The molecule has 4 aromatic rings. The minimum Gasteiger partial charge on any atom is -0.481 e. The Kier molecular flexibility index (Phi) is 5.92. The number of halogens is 1. The predicted octanol–water partition coefficient (Wildman–Crippen LogP) is 3.17. The second-order valence-corrected chi connectivity index (χ2v) is 9.30. The van der Waals surface area contributed by atoms with E-state index in [9.17, 15) is 17.6 Å². The van der Waals surface area contributed by atoms with E-state index < -0.39 is 26.5 Å². The zero-order valence-corrected chi connectivity index (χ0v) is 19.3. The van der Waals surface area contributed by atoms with Crippen LogP contribution in [0.25, 0.3) is 11.0 Å². The molecule has 0 aliphatic rings. The lowest BCUT2D eigenvalue weighted by Crippen LogP contribution is -2.16. The van der Waals surface area contributed by atoms with Gasteiger partial charge in [0.25, 0.3) is 10.0 Å². The molecule has 0 unspecified atom stereocenters. The van der Waals surface area contributed by atoms with Crippen molar-refractivity contribution in [2.45, 2.75) is 24.8 Å². The van der Waals surface area contributed by atoms with Crippen molar-refractivity contribution in [2.75, 3.05) is 17.6 Å². The summed E-state index contributed by atoms with van der Waals surface area (Å²) in [6, 6.07) is 7.49. The molecule has 0 saturated carbocycles. The van der Waals surface area contributed by atoms with Gasteiger partial charge in [0, 0.05) is 23.9 Å². The number of hydrogen-bond donors (Lipinski definition) is 2. The van der Waals surface area contributed by atoms with Crippen LogP contribution in [0.4, 0.5) is 16.0 Å². The van der Waals surface area contributed by atoms with Crippen molar-refractivity contribution in [3.63, 3.8) is 0 Å². The number of carbonyl (C=O) groups is 1. The molecule has 3 N–H and O–H groups in total. The first-order chi connectivity index (χ1) is 16.1. The van der Waals surface area contributed by atoms with E-state index in [0.29, 0.717) is 11.0 Å². The first kappa shape index (κ1) is 23.1. The fourth-order valence-electron chi connectivity index (χ4n) is 3.48. The number of ether oxygens (including phenoxy) is 1. The van der Waals surface area contributed by atoms with E-state index in [-0.39, 0.29) is 34.7 Å². The van der Waals surface area contributed by atoms with Crippen LogP contribution in [0.5, 0.6) is 5.88 Å². The summed E-state index contributed by atoms with van der Waals surface area (Å²) >= 11 is 0. The summed E-state index contributed by atoms with van der Waals surface area (Å²) in [6.45, 7) is 3.86. The van der Waals surface area contributed by atoms with Gasteiger partial charge in [-0.15, -0.1) is 0 Å². The number of nitrogens with zero attached hydrogens (tertiary/aromatic N) is 4. The van der Waals surface area contributed by atoms with Gasteiger partial charge in [-0.25, -0.2) is 22.8 Å². The number of nitrogen functional groups attached to an aromatic ring is 1. The molecule has 0 saturated heterocycles. The molecule has 1 aromatic carbocycles. The van der Waals surface area contributed by atoms with Crippen LogP contribution in [-0.4, -0.2) is 40.8 Å². The highest BCUT2D eigenvalue weighted by atomic mass is 32.2. The second kappa shape index (κ2) is 8.71. The maximum absolute atomic E-state index is 14.1. The molecule has 0 amide bonds. The Labute approximate surface area is 194 Å². The Balaban J connectivity index is 1.81. The highest BCUT2D eigenvalue weighted by Crippen LogP contribution is 2.30. The zero-order valence-electron chi connectivity index (χ0n) is 18.5. The van der Waals surface area contributed by atoms with Crippen molar-refractivity contribution in [3.8, 4) is 5.88 Å². The van der Waals surface area contributed by atoms with E-state index in [1.807, 2.05) is 13.8 Å². The molecule has 12 heteroatoms. The molecule has 176 valence electrons. The summed E-state index contributed by atoms with van der Waals surface area (Å²) < 4.78 is 48.7. The van der Waals surface area contributed by atoms with Gasteiger partial charge >= 0.3 is 0 Å². The quantitative estimate of drug-likeness (QED) is 0.381. The van der Waals surface area contributed by atoms with Crippen LogP contribution in [0.3, 0.4) is 0 Å². The lowest BCUT2D eigenvalue weighted by Gasteiger charge is -2.11. The van der Waals surface area contributed by atoms with Gasteiger partial charge in [0.1, 0.15) is 34.3 Å². The van der Waals surface area contributed by atoms with Crippen LogP contribution in [0.15, 0.2) is 53.8 Å². The van der Waals surface area contributed by atoms with E-state index in [4.69, 9.17) is 10.5 Å². The summed E-state index contributed by atoms with van der Waals surface area (Å²) in [5.41, 5.74) is 6.85. The van der Waals surface area contributed by atoms with Gasteiger partial charge in [-0.1, -0.05) is 12.1 Å². The summed E-state index contributed by atoms with van der Waals surface area (Å²) in [5.74, 6) is -1.50. The van der Waals surface area contributed by atoms with Gasteiger partial charge in [0.15, 0.2) is 5.78 Å². The molecule has 0 bridgehead atoms. The third-order valence-electron chi connectivity index (χ3n) is 5.08. The Hall–Kier alpha value is -4.06. The molecule has 4 rings (SSSR count). The van der Waals surface area contributed by atoms with Crippen LogP contribution in [0.2, 0.25) is 0 Å². The van der Waals surface area contributed by atoms with Gasteiger partial charge in [-0.2, -0.15) is 4.98 Å². The first-order valence-corrected chi connectivity index (χ1v) is 11.6. The van der Waals surface area contributed by atoms with E-state index in [2.05, 4.69) is 19.7 Å². The van der Waals surface area contributed by atoms with Gasteiger partial charge < -0.3 is 15.0 Å². The Morgan fingerprint density at radius 3 is 2.62 bits per heavy atom. The van der Waals surface area contributed by atoms with Gasteiger partial charge in [-0.05, 0) is 32.0 Å². The van der Waals surface area contributed by atoms with E-state index in [1.165, 1.54) is 37.7 Å². The number of nitrogens with one attached hydrogen (secondary N) is 1. The number of sulfonamides is 1. The number of anilines is 2. The van der Waals surface area contributed by atoms with E-state index in [0.717, 1.165) is 12.1 Å². The molecule has 0 fully saturated rings. The topological polar surface area (TPSA) is 142 Å². The van der Waals surface area contributed by atoms with Crippen molar-refractivity contribution < 1.29 is 22.3 Å². The Morgan fingerprint density at radius 2 is 1.94 bits per heavy atom. The van der Waals surface area contributed by atoms with Crippen molar-refractivity contribution in [1.29, 1.82) is 0 Å². The molecular weight excluding hydrogens is 463 g/mol. The second-order valence-electron chi connectivity index (χ2n) is 7.65. The number of benzene rings is 1. The lowest BCUT2D eigenvalue weighted by atomic mass is 10.0. The monoisotopic (exact) mass is 484 g/mol. The molecule has 34 heavy (non-hydrogen) atoms. The molecule has 10 nitrogen and oxygen atoms in total. The highest BCUT2D eigenvalue weighted by Gasteiger charge is 2.24. The third kappa shape index (κ3) is 4.15. The van der Waals surface area contributed by atoms with Crippen LogP contribution >= 0.6 is 0 Å². The Bertz CT molecular complexity index is 1520. The number of rotatable bonds is 7. The minimum absolute atomic E-state index is 0.0195. The maximum Gasteiger partial charge on any atom is 0.265 e. The van der Waals surface area contributed by atoms with Crippen molar-refractivity contribution in [2.24, 2.45) is 0 Å². The molecule has 0 atom stereocenters. The maximum atomic E-state index is 14.1. The smallest absolute Gasteiger partial charge is 0.265 e. The lowest BCUT2D eigenvalue weighted by molar-refractivity contribution is 0.103. The number of ketones is 1. The number of pyridine rings is 1. The van der Waals surface area contributed by atoms with Crippen LogP contribution in [0.1, 0.15) is 35.8 Å². The first-order valence-electron chi connectivity index (χ1n) is 10.1. The number of hydrogen-bond acceptors (Lipinski definition) is 8. The van der Waals surface area contributed by atoms with Crippen molar-refractivity contribution in [1.82, 2.24) is 19.5 Å². The molecule has 0 aliphatic carbocycles. The fourth-order valence-corrected chi connectivity index (χ4v) is 4.55. The summed E-state index contributed by atoms with van der Waals surface area (Å²) in [5, 5.41) is 0.380. The van der Waals surface area contributed by atoms with Gasteiger partial charge in [0.2, 0.25) is 5.88 Å². The van der Waals surface area contributed by atoms with Crippen molar-refractivity contribution in [3.05, 3.63) is 65.9 Å². The highest BCUT2D eigenvalue weighted by molar-refractivity contribution is 7.92. The number of nitrogens with two attached hydrogens (primary N) is 1. The third-order valence-corrected chi connectivity index (χ3v) is 6.47. The largest absolute Gasteiger partial charge is 0.481 e. The summed E-state index contributed by atoms with van der Waals surface area (Å²) in [6.07, 6.45) is 2.94. The molecule has 0 aliphatic heterocycles. The van der Waals surface area contributed by atoms with Crippen LogP contribution < -0.4 is 15.2 Å². The molecular formula is C22H21FN6O4S. The molecule has 0 spiro atoms. The number of methoxy groups -OCH3 is 1. The standard InChI is InChI=1S/C22H21FN6O4S/c1-12(2)29-10-14(19-21(24)25-11-26-22(19)29)20(30)13-8-17(27-18(9-13)33-3)28-34(31,32)16-7-5-4-6-15(16)23/h4-12H,1-3H3,(H,27,28)(H2,24,25,26). The molecule has 3 heterocycles.